The van der Waals surface area contributed by atoms with Gasteiger partial charge in [-0.15, -0.1) is 0 Å². The Bertz CT molecular complexity index is 2440. The second kappa shape index (κ2) is 18.4. The van der Waals surface area contributed by atoms with Crippen LogP contribution in [0.25, 0.3) is 12.2 Å². The SMILES string of the molecule is CS(=O)(=O)c1cc(Nc2nc(NCCO)nc(Nc3ccccc3)n2)ccc1/C=C/c1ccc(Nc2nc(NCCO)nc(Nc3ccccc3)n2)cc1S(=O)(=O)[O-]. The summed E-state index contributed by atoms with van der Waals surface area (Å²) < 4.78 is 63.6. The number of para-hydroxylation sites is 2. The van der Waals surface area contributed by atoms with Crippen molar-refractivity contribution in [1.29, 1.82) is 0 Å². The van der Waals surface area contributed by atoms with Crippen LogP contribution in [0.4, 0.5) is 58.4 Å². The van der Waals surface area contributed by atoms with Gasteiger partial charge < -0.3 is 46.7 Å². The average Bonchev–Trinajstić information content (AvgIpc) is 3.19. The number of rotatable bonds is 18. The first-order valence-corrected chi connectivity index (χ1v) is 20.7. The molecule has 0 atom stereocenters. The Morgan fingerprint density at radius 1 is 0.517 bits per heavy atom. The molecule has 2 aromatic heterocycles. The lowest BCUT2D eigenvalue weighted by atomic mass is 10.1. The zero-order valence-electron chi connectivity index (χ0n) is 30.7. The van der Waals surface area contributed by atoms with Gasteiger partial charge in [0.15, 0.2) is 9.84 Å². The highest BCUT2D eigenvalue weighted by Crippen LogP contribution is 2.29. The summed E-state index contributed by atoms with van der Waals surface area (Å²) in [5, 5.41) is 36.3. The normalized spacial score (nSPS) is 11.6. The third-order valence-corrected chi connectivity index (χ3v) is 9.82. The summed E-state index contributed by atoms with van der Waals surface area (Å²) in [4.78, 5) is 25.3. The van der Waals surface area contributed by atoms with E-state index in [1.807, 2.05) is 48.5 Å². The summed E-state index contributed by atoms with van der Waals surface area (Å²) in [6.07, 6.45) is 3.72. The van der Waals surface area contributed by atoms with Crippen LogP contribution in [0.5, 0.6) is 0 Å². The van der Waals surface area contributed by atoms with Gasteiger partial charge in [0.05, 0.1) is 23.0 Å². The highest BCUT2D eigenvalue weighted by atomic mass is 32.2. The maximum absolute atomic E-state index is 13.0. The van der Waals surface area contributed by atoms with Gasteiger partial charge in [0.2, 0.25) is 35.7 Å². The number of aromatic nitrogens is 6. The number of anilines is 10. The standard InChI is InChI=1S/C37H38N12O7S2/c1-57(52,53)30-22-28(42-36-46-32(38-18-20-50)44-34(48-36)40-26-8-4-2-5-9-26)16-14-24(30)12-13-25-15-17-29(23-31(25)58(54,55)56)43-37-47-33(39-19-21-51)45-35(49-37)41-27-10-6-3-7-11-27/h2-17,22-23,50-51H,18-21H2,1H3,(H,54,55,56)(H3,38,40,42,44,46,48)(H3,39,41,43,45,47,49)/p-1/b13-12+. The Balaban J connectivity index is 1.27. The number of sulfone groups is 1. The van der Waals surface area contributed by atoms with Crippen LogP contribution < -0.4 is 31.9 Å². The van der Waals surface area contributed by atoms with E-state index in [-0.39, 0.29) is 83.7 Å². The van der Waals surface area contributed by atoms with Crippen molar-refractivity contribution in [2.75, 3.05) is 64.5 Å². The van der Waals surface area contributed by atoms with E-state index in [2.05, 4.69) is 61.8 Å². The second-order valence-corrected chi connectivity index (χ2v) is 15.5. The van der Waals surface area contributed by atoms with Crippen LogP contribution in [0.1, 0.15) is 11.1 Å². The fraction of sp³-hybridized carbons (Fsp3) is 0.135. The molecular formula is C37H37N12O7S2-. The third kappa shape index (κ3) is 11.4. The molecule has 0 amide bonds. The predicted molar refractivity (Wildman–Crippen MR) is 220 cm³/mol. The molecule has 0 saturated carbocycles. The van der Waals surface area contributed by atoms with Crippen LogP contribution in [-0.4, -0.2) is 94.1 Å². The molecule has 0 fully saturated rings. The molecule has 0 aliphatic heterocycles. The van der Waals surface area contributed by atoms with Gasteiger partial charge in [0.25, 0.3) is 0 Å². The average molecular weight is 826 g/mol. The highest BCUT2D eigenvalue weighted by Gasteiger charge is 2.16. The Labute approximate surface area is 333 Å². The predicted octanol–water partition coefficient (Wildman–Crippen LogP) is 4.32. The number of hydrogen-bond acceptors (Lipinski definition) is 19. The molecule has 0 radical (unpaired) electrons. The van der Waals surface area contributed by atoms with Crippen LogP contribution in [0.2, 0.25) is 0 Å². The highest BCUT2D eigenvalue weighted by molar-refractivity contribution is 7.90. The molecule has 0 unspecified atom stereocenters. The minimum absolute atomic E-state index is 0.00334. The van der Waals surface area contributed by atoms with Crippen molar-refractivity contribution < 1.29 is 31.6 Å². The van der Waals surface area contributed by atoms with E-state index in [1.165, 1.54) is 36.4 Å². The first-order valence-electron chi connectivity index (χ1n) is 17.4. The van der Waals surface area contributed by atoms with Crippen molar-refractivity contribution >= 4 is 90.5 Å². The third-order valence-electron chi connectivity index (χ3n) is 7.77. The molecule has 300 valence electrons. The van der Waals surface area contributed by atoms with Crippen LogP contribution in [0, 0.1) is 0 Å². The van der Waals surface area contributed by atoms with Gasteiger partial charge in [-0.05, 0) is 59.7 Å². The molecule has 6 rings (SSSR count). The number of aliphatic hydroxyl groups excluding tert-OH is 2. The van der Waals surface area contributed by atoms with Gasteiger partial charge in [0.1, 0.15) is 10.1 Å². The maximum atomic E-state index is 13.0. The van der Waals surface area contributed by atoms with E-state index in [9.17, 15) is 31.6 Å². The first-order chi connectivity index (χ1) is 27.9. The van der Waals surface area contributed by atoms with Crippen molar-refractivity contribution in [3.8, 4) is 0 Å². The molecule has 0 aliphatic rings. The fourth-order valence-corrected chi connectivity index (χ4v) is 6.85. The van der Waals surface area contributed by atoms with Gasteiger partial charge in [-0.25, -0.2) is 16.8 Å². The van der Waals surface area contributed by atoms with Crippen molar-refractivity contribution in [3.63, 3.8) is 0 Å². The van der Waals surface area contributed by atoms with Crippen molar-refractivity contribution in [1.82, 2.24) is 29.9 Å². The molecule has 58 heavy (non-hydrogen) atoms. The molecule has 0 bridgehead atoms. The molecule has 0 spiro atoms. The van der Waals surface area contributed by atoms with Crippen molar-refractivity contribution in [2.24, 2.45) is 0 Å². The van der Waals surface area contributed by atoms with Crippen LogP contribution >= 0.6 is 0 Å². The minimum Gasteiger partial charge on any atom is -0.744 e. The van der Waals surface area contributed by atoms with Gasteiger partial charge in [-0.2, -0.15) is 29.9 Å². The largest absolute Gasteiger partial charge is 0.744 e. The van der Waals surface area contributed by atoms with E-state index in [0.717, 1.165) is 12.3 Å². The lowest BCUT2D eigenvalue weighted by molar-refractivity contribution is 0.310. The van der Waals surface area contributed by atoms with Gasteiger partial charge >= 0.3 is 0 Å². The van der Waals surface area contributed by atoms with Gasteiger partial charge in [-0.3, -0.25) is 0 Å². The van der Waals surface area contributed by atoms with E-state index < -0.39 is 24.9 Å². The summed E-state index contributed by atoms with van der Waals surface area (Å²) >= 11 is 0. The van der Waals surface area contributed by atoms with E-state index in [0.29, 0.717) is 17.1 Å². The number of hydrogen-bond donors (Lipinski definition) is 8. The molecule has 2 heterocycles. The van der Waals surface area contributed by atoms with E-state index in [1.54, 1.807) is 18.2 Å². The molecule has 6 aromatic rings. The Kier molecular flexibility index (Phi) is 13.0. The maximum Gasteiger partial charge on any atom is 0.233 e. The number of benzene rings is 4. The smallest absolute Gasteiger partial charge is 0.233 e. The minimum atomic E-state index is -5.05. The molecule has 4 aromatic carbocycles. The topological polar surface area (TPSA) is 281 Å². The van der Waals surface area contributed by atoms with Crippen LogP contribution in [0.3, 0.4) is 0 Å². The molecule has 21 heteroatoms. The van der Waals surface area contributed by atoms with E-state index in [4.69, 9.17) is 0 Å². The Morgan fingerprint density at radius 3 is 1.26 bits per heavy atom. The summed E-state index contributed by atoms with van der Waals surface area (Å²) in [5.41, 5.74) is 2.03. The lowest BCUT2D eigenvalue weighted by Crippen LogP contribution is -2.12. The van der Waals surface area contributed by atoms with Crippen molar-refractivity contribution in [2.45, 2.75) is 9.79 Å². The van der Waals surface area contributed by atoms with Gasteiger partial charge in [-0.1, -0.05) is 60.7 Å². The molecular weight excluding hydrogens is 789 g/mol. The fourth-order valence-electron chi connectivity index (χ4n) is 5.25. The Morgan fingerprint density at radius 2 is 0.879 bits per heavy atom. The molecule has 19 nitrogen and oxygen atoms in total. The second-order valence-electron chi connectivity index (χ2n) is 12.2. The number of nitrogens with one attached hydrogen (secondary N) is 6. The van der Waals surface area contributed by atoms with E-state index >= 15 is 0 Å². The van der Waals surface area contributed by atoms with Crippen molar-refractivity contribution in [3.05, 3.63) is 108 Å². The zero-order chi connectivity index (χ0) is 41.1. The monoisotopic (exact) mass is 825 g/mol. The van der Waals surface area contributed by atoms with Gasteiger partial charge in [0, 0.05) is 42.1 Å². The van der Waals surface area contributed by atoms with Crippen LogP contribution in [-0.2, 0) is 20.0 Å². The summed E-state index contributed by atoms with van der Waals surface area (Å²) in [7, 11) is -8.92. The molecule has 8 N–H and O–H groups in total. The summed E-state index contributed by atoms with van der Waals surface area (Å²) in [6.45, 7) is -0.0555. The number of aliphatic hydroxyl groups is 2. The quantitative estimate of drug-likeness (QED) is 0.0442. The Hall–Kier alpha value is -6.78. The molecule has 0 saturated heterocycles. The van der Waals surface area contributed by atoms with Crippen LogP contribution in [0.15, 0.2) is 107 Å². The summed E-state index contributed by atoms with van der Waals surface area (Å²) in [6, 6.07) is 26.6. The summed E-state index contributed by atoms with van der Waals surface area (Å²) in [5.74, 6) is 0.639. The lowest BCUT2D eigenvalue weighted by Gasteiger charge is -2.15. The first kappa shape index (κ1) is 40.9. The zero-order valence-corrected chi connectivity index (χ0v) is 32.3. The molecule has 0 aliphatic carbocycles. The number of nitrogens with zero attached hydrogens (tertiary/aromatic N) is 6.